The summed E-state index contributed by atoms with van der Waals surface area (Å²) >= 11 is 0. The summed E-state index contributed by atoms with van der Waals surface area (Å²) in [4.78, 5) is 0. The van der Waals surface area contributed by atoms with Crippen LogP contribution < -0.4 is 4.74 Å². The van der Waals surface area contributed by atoms with Gasteiger partial charge in [-0.2, -0.15) is 0 Å². The maximum absolute atomic E-state index is 6.61. The van der Waals surface area contributed by atoms with Gasteiger partial charge in [0.2, 0.25) is 0 Å². The molecule has 0 atom stereocenters. The van der Waals surface area contributed by atoms with Crippen molar-refractivity contribution < 1.29 is 4.74 Å². The highest BCUT2D eigenvalue weighted by atomic mass is 16.5. The Labute approximate surface area is 226 Å². The second-order valence-corrected chi connectivity index (χ2v) is 9.55. The summed E-state index contributed by atoms with van der Waals surface area (Å²) in [6.07, 6.45) is 0. The lowest BCUT2D eigenvalue weighted by Crippen LogP contribution is -2.13. The number of rotatable bonds is 1. The van der Waals surface area contributed by atoms with Crippen LogP contribution in [0.1, 0.15) is 61.4 Å². The van der Waals surface area contributed by atoms with Gasteiger partial charge in [-0.3, -0.25) is 0 Å². The van der Waals surface area contributed by atoms with Gasteiger partial charge in [-0.15, -0.1) is 0 Å². The molecular formula is C37H36O. The van der Waals surface area contributed by atoms with Crippen molar-refractivity contribution in [1.29, 1.82) is 0 Å². The zero-order valence-corrected chi connectivity index (χ0v) is 23.3. The summed E-state index contributed by atoms with van der Waals surface area (Å²) in [5.74, 6) is 1.99. The van der Waals surface area contributed by atoms with Crippen LogP contribution in [0.4, 0.5) is 0 Å². The summed E-state index contributed by atoms with van der Waals surface area (Å²) in [6, 6.07) is 37.6. The highest BCUT2D eigenvalue weighted by Crippen LogP contribution is 2.52. The standard InChI is InChI=1S/C33H24O.2C2H6/c1-20-7-9-23-13-15-29-32(27(23)17-20)31(26-12-11-22-5-3-4-6-25(22)19-26)33-28-18-21(2)8-10-24(28)14-16-30(33)34-29;2*1-2/h3-19,31H,1-2H3;2*1-2H3. The van der Waals surface area contributed by atoms with E-state index in [1.54, 1.807) is 0 Å². The van der Waals surface area contributed by atoms with Gasteiger partial charge in [0.25, 0.3) is 0 Å². The van der Waals surface area contributed by atoms with Crippen molar-refractivity contribution in [3.8, 4) is 11.5 Å². The van der Waals surface area contributed by atoms with E-state index in [0.29, 0.717) is 0 Å². The Hall–Kier alpha value is -4.10. The SMILES string of the molecule is CC.CC.Cc1ccc2ccc3c(c2c1)C(c1ccc2ccccc2c1)c1c(ccc2ccc(C)cc12)O3. The normalized spacial score (nSPS) is 12.1. The molecule has 7 rings (SSSR count). The van der Waals surface area contributed by atoms with Crippen molar-refractivity contribution in [2.45, 2.75) is 47.5 Å². The van der Waals surface area contributed by atoms with E-state index in [1.807, 2.05) is 27.7 Å². The Morgan fingerprint density at radius 1 is 0.474 bits per heavy atom. The van der Waals surface area contributed by atoms with Crippen LogP contribution in [0.3, 0.4) is 0 Å². The third kappa shape index (κ3) is 4.33. The van der Waals surface area contributed by atoms with Gasteiger partial charge in [-0.1, -0.05) is 130 Å². The van der Waals surface area contributed by atoms with Gasteiger partial charge in [0, 0.05) is 17.0 Å². The average Bonchev–Trinajstić information content (AvgIpc) is 2.97. The molecule has 1 aliphatic heterocycles. The number of ether oxygens (including phenoxy) is 1. The fourth-order valence-corrected chi connectivity index (χ4v) is 5.63. The number of benzene rings is 6. The van der Waals surface area contributed by atoms with E-state index in [0.717, 1.165) is 11.5 Å². The third-order valence-corrected chi connectivity index (χ3v) is 7.26. The smallest absolute Gasteiger partial charge is 0.132 e. The number of hydrogen-bond donors (Lipinski definition) is 0. The predicted molar refractivity (Wildman–Crippen MR) is 165 cm³/mol. The van der Waals surface area contributed by atoms with Crippen molar-refractivity contribution in [2.75, 3.05) is 0 Å². The Morgan fingerprint density at radius 2 is 0.947 bits per heavy atom. The van der Waals surface area contributed by atoms with Gasteiger partial charge < -0.3 is 4.74 Å². The van der Waals surface area contributed by atoms with Crippen LogP contribution in [0, 0.1) is 13.8 Å². The summed E-state index contributed by atoms with van der Waals surface area (Å²) in [6.45, 7) is 12.3. The zero-order chi connectivity index (χ0) is 26.8. The van der Waals surface area contributed by atoms with E-state index in [9.17, 15) is 0 Å². The first-order chi connectivity index (χ1) is 18.7. The maximum atomic E-state index is 6.61. The van der Waals surface area contributed by atoms with Crippen LogP contribution in [0.5, 0.6) is 11.5 Å². The Kier molecular flexibility index (Phi) is 7.20. The van der Waals surface area contributed by atoms with E-state index in [-0.39, 0.29) is 5.92 Å². The molecule has 0 spiro atoms. The lowest BCUT2D eigenvalue weighted by atomic mass is 9.78. The van der Waals surface area contributed by atoms with E-state index in [1.165, 1.54) is 60.1 Å². The molecule has 0 aromatic heterocycles. The predicted octanol–water partition coefficient (Wildman–Crippen LogP) is 11.1. The quantitative estimate of drug-likeness (QED) is 0.220. The molecule has 0 aliphatic carbocycles. The molecular weight excluding hydrogens is 460 g/mol. The summed E-state index contributed by atoms with van der Waals surface area (Å²) in [5.41, 5.74) is 6.35. The Balaban J connectivity index is 0.000000704. The summed E-state index contributed by atoms with van der Waals surface area (Å²) in [5, 5.41) is 7.57. The molecule has 0 fully saturated rings. The van der Waals surface area contributed by atoms with Crippen LogP contribution in [0.2, 0.25) is 0 Å². The molecule has 0 bridgehead atoms. The topological polar surface area (TPSA) is 9.23 Å². The third-order valence-electron chi connectivity index (χ3n) is 7.26. The van der Waals surface area contributed by atoms with Crippen LogP contribution in [-0.2, 0) is 0 Å². The molecule has 6 aromatic rings. The van der Waals surface area contributed by atoms with E-state index in [4.69, 9.17) is 4.74 Å². The minimum atomic E-state index is 0.0827. The molecule has 38 heavy (non-hydrogen) atoms. The van der Waals surface area contributed by atoms with E-state index >= 15 is 0 Å². The number of aryl methyl sites for hydroxylation is 2. The Morgan fingerprint density at radius 3 is 1.50 bits per heavy atom. The molecule has 0 amide bonds. The average molecular weight is 497 g/mol. The first-order valence-electron chi connectivity index (χ1n) is 13.9. The van der Waals surface area contributed by atoms with Crippen molar-refractivity contribution in [3.05, 3.63) is 131 Å². The highest BCUT2D eigenvalue weighted by molar-refractivity contribution is 5.96. The van der Waals surface area contributed by atoms with Crippen LogP contribution in [-0.4, -0.2) is 0 Å². The second-order valence-electron chi connectivity index (χ2n) is 9.55. The minimum absolute atomic E-state index is 0.0827. The van der Waals surface area contributed by atoms with Gasteiger partial charge in [-0.05, 0) is 63.9 Å². The zero-order valence-electron chi connectivity index (χ0n) is 23.3. The Bertz CT molecular complexity index is 1670. The van der Waals surface area contributed by atoms with Gasteiger partial charge in [0.15, 0.2) is 0 Å². The van der Waals surface area contributed by atoms with Crippen molar-refractivity contribution in [2.24, 2.45) is 0 Å². The summed E-state index contributed by atoms with van der Waals surface area (Å²) in [7, 11) is 0. The lowest BCUT2D eigenvalue weighted by molar-refractivity contribution is 0.456. The largest absolute Gasteiger partial charge is 0.457 e. The van der Waals surface area contributed by atoms with Gasteiger partial charge >= 0.3 is 0 Å². The monoisotopic (exact) mass is 496 g/mol. The molecule has 0 saturated heterocycles. The van der Waals surface area contributed by atoms with Gasteiger partial charge in [-0.25, -0.2) is 0 Å². The van der Waals surface area contributed by atoms with Crippen molar-refractivity contribution in [3.63, 3.8) is 0 Å². The minimum Gasteiger partial charge on any atom is -0.457 e. The molecule has 1 aliphatic rings. The fraction of sp³-hybridized carbons (Fsp3) is 0.189. The second kappa shape index (κ2) is 10.7. The van der Waals surface area contributed by atoms with E-state index in [2.05, 4.69) is 117 Å². The van der Waals surface area contributed by atoms with Crippen LogP contribution in [0.25, 0.3) is 32.3 Å². The molecule has 0 saturated carbocycles. The molecule has 0 N–H and O–H groups in total. The van der Waals surface area contributed by atoms with Gasteiger partial charge in [0.05, 0.1) is 0 Å². The van der Waals surface area contributed by atoms with Crippen LogP contribution >= 0.6 is 0 Å². The van der Waals surface area contributed by atoms with E-state index < -0.39 is 0 Å². The molecule has 1 nitrogen and oxygen atoms in total. The molecule has 1 heteroatoms. The number of hydrogen-bond acceptors (Lipinski definition) is 1. The first kappa shape index (κ1) is 25.5. The van der Waals surface area contributed by atoms with Gasteiger partial charge in [0.1, 0.15) is 11.5 Å². The molecule has 1 heterocycles. The van der Waals surface area contributed by atoms with Crippen molar-refractivity contribution >= 4 is 32.3 Å². The fourth-order valence-electron chi connectivity index (χ4n) is 5.63. The summed E-state index contributed by atoms with van der Waals surface area (Å²) < 4.78 is 6.61. The lowest BCUT2D eigenvalue weighted by Gasteiger charge is -2.31. The van der Waals surface area contributed by atoms with Crippen LogP contribution in [0.15, 0.2) is 103 Å². The molecule has 6 aromatic carbocycles. The molecule has 0 radical (unpaired) electrons. The van der Waals surface area contributed by atoms with Crippen molar-refractivity contribution in [1.82, 2.24) is 0 Å². The number of fused-ring (bicyclic) bond motifs is 7. The molecule has 190 valence electrons. The molecule has 0 unspecified atom stereocenters. The first-order valence-corrected chi connectivity index (χ1v) is 13.9. The highest BCUT2D eigenvalue weighted by Gasteiger charge is 2.32. The maximum Gasteiger partial charge on any atom is 0.132 e.